The SMILES string of the molecule is CCOC(=O)c1sc(Oc2ccc3c(c2)OCO3)c2c1CCCC1=C2NN(C)C1. The van der Waals surface area contributed by atoms with Crippen molar-refractivity contribution < 1.29 is 23.7 Å². The van der Waals surface area contributed by atoms with E-state index in [4.69, 9.17) is 18.9 Å². The molecule has 5 rings (SSSR count). The van der Waals surface area contributed by atoms with Crippen LogP contribution in [0.15, 0.2) is 23.8 Å². The number of hydrogen-bond donors (Lipinski definition) is 1. The van der Waals surface area contributed by atoms with Crippen molar-refractivity contribution in [3.05, 3.63) is 39.8 Å². The number of fused-ring (bicyclic) bond motifs is 3. The van der Waals surface area contributed by atoms with E-state index in [1.807, 2.05) is 32.2 Å². The molecule has 152 valence electrons. The van der Waals surface area contributed by atoms with Crippen molar-refractivity contribution in [3.63, 3.8) is 0 Å². The van der Waals surface area contributed by atoms with Crippen LogP contribution in [0.5, 0.6) is 22.3 Å². The predicted octanol–water partition coefficient (Wildman–Crippen LogP) is 3.94. The molecule has 0 saturated heterocycles. The van der Waals surface area contributed by atoms with Crippen molar-refractivity contribution in [2.75, 3.05) is 27.0 Å². The summed E-state index contributed by atoms with van der Waals surface area (Å²) in [6.45, 7) is 3.25. The monoisotopic (exact) mass is 414 g/mol. The zero-order valence-corrected chi connectivity index (χ0v) is 17.2. The van der Waals surface area contributed by atoms with Crippen molar-refractivity contribution in [3.8, 4) is 22.3 Å². The van der Waals surface area contributed by atoms with Crippen LogP contribution in [0.3, 0.4) is 0 Å². The number of carbonyl (C=O) groups excluding carboxylic acids is 1. The number of nitrogens with one attached hydrogen (secondary N) is 1. The second-order valence-electron chi connectivity index (χ2n) is 7.21. The highest BCUT2D eigenvalue weighted by Crippen LogP contribution is 2.47. The largest absolute Gasteiger partial charge is 0.462 e. The Balaban J connectivity index is 1.59. The van der Waals surface area contributed by atoms with Gasteiger partial charge in [0, 0.05) is 19.7 Å². The van der Waals surface area contributed by atoms with Gasteiger partial charge in [-0.25, -0.2) is 9.80 Å². The minimum Gasteiger partial charge on any atom is -0.462 e. The third-order valence-electron chi connectivity index (χ3n) is 5.23. The van der Waals surface area contributed by atoms with E-state index in [0.29, 0.717) is 33.8 Å². The molecular formula is C21H22N2O5S. The number of likely N-dealkylation sites (N-methyl/N-ethyl adjacent to an activating group) is 1. The normalized spacial score (nSPS) is 17.4. The van der Waals surface area contributed by atoms with E-state index < -0.39 is 0 Å². The molecule has 7 nitrogen and oxygen atoms in total. The maximum absolute atomic E-state index is 12.7. The zero-order valence-electron chi connectivity index (χ0n) is 16.4. The van der Waals surface area contributed by atoms with Crippen LogP contribution in [0.25, 0.3) is 5.70 Å². The number of thiophene rings is 1. The van der Waals surface area contributed by atoms with E-state index in [0.717, 1.165) is 42.6 Å². The van der Waals surface area contributed by atoms with E-state index in [1.54, 1.807) is 0 Å². The van der Waals surface area contributed by atoms with Crippen LogP contribution < -0.4 is 19.6 Å². The van der Waals surface area contributed by atoms with Crippen LogP contribution in [0.2, 0.25) is 0 Å². The Kier molecular flexibility index (Phi) is 4.60. The van der Waals surface area contributed by atoms with Gasteiger partial charge in [0.15, 0.2) is 16.6 Å². The highest BCUT2D eigenvalue weighted by Gasteiger charge is 2.33. The topological polar surface area (TPSA) is 69.3 Å². The third kappa shape index (κ3) is 3.22. The number of esters is 1. The highest BCUT2D eigenvalue weighted by atomic mass is 32.1. The minimum absolute atomic E-state index is 0.215. The summed E-state index contributed by atoms with van der Waals surface area (Å²) < 4.78 is 22.5. The van der Waals surface area contributed by atoms with E-state index >= 15 is 0 Å². The van der Waals surface area contributed by atoms with Crippen LogP contribution in [-0.4, -0.2) is 38.0 Å². The number of nitrogens with zero attached hydrogens (tertiary/aromatic N) is 1. The minimum atomic E-state index is -0.287. The number of hydrazine groups is 1. The van der Waals surface area contributed by atoms with Crippen molar-refractivity contribution in [1.29, 1.82) is 0 Å². The molecule has 3 aliphatic rings. The van der Waals surface area contributed by atoms with Gasteiger partial charge in [-0.3, -0.25) is 0 Å². The average Bonchev–Trinajstić information content (AvgIpc) is 3.37. The maximum Gasteiger partial charge on any atom is 0.348 e. The summed E-state index contributed by atoms with van der Waals surface area (Å²) >= 11 is 1.35. The summed E-state index contributed by atoms with van der Waals surface area (Å²) in [6.07, 6.45) is 2.81. The highest BCUT2D eigenvalue weighted by molar-refractivity contribution is 7.16. The standard InChI is InChI=1S/C21H22N2O5S/c1-3-25-20(24)19-14-6-4-5-12-10-23(2)22-18(12)17(14)21(29-19)28-13-7-8-15-16(9-13)27-11-26-15/h7-9,22H,3-6,10-11H2,1-2H3. The second kappa shape index (κ2) is 7.27. The molecule has 0 bridgehead atoms. The number of carbonyl (C=O) groups is 1. The average molecular weight is 414 g/mol. The molecule has 0 saturated carbocycles. The van der Waals surface area contributed by atoms with Crippen molar-refractivity contribution in [1.82, 2.24) is 10.4 Å². The maximum atomic E-state index is 12.7. The van der Waals surface area contributed by atoms with Gasteiger partial charge in [0.1, 0.15) is 10.6 Å². The fourth-order valence-corrected chi connectivity index (χ4v) is 5.12. The summed E-state index contributed by atoms with van der Waals surface area (Å²) in [6, 6.07) is 5.50. The third-order valence-corrected chi connectivity index (χ3v) is 6.32. The lowest BCUT2D eigenvalue weighted by Crippen LogP contribution is -2.27. The Labute approximate surface area is 172 Å². The summed E-state index contributed by atoms with van der Waals surface area (Å²) in [5.41, 5.74) is 7.84. The van der Waals surface area contributed by atoms with Gasteiger partial charge < -0.3 is 24.4 Å². The molecule has 29 heavy (non-hydrogen) atoms. The molecule has 2 aromatic rings. The molecule has 0 atom stereocenters. The molecule has 1 aromatic carbocycles. The van der Waals surface area contributed by atoms with Gasteiger partial charge in [-0.1, -0.05) is 11.3 Å². The molecule has 0 fully saturated rings. The molecule has 3 heterocycles. The first kappa shape index (κ1) is 18.3. The molecule has 0 radical (unpaired) electrons. The first-order valence-electron chi connectivity index (χ1n) is 9.74. The summed E-state index contributed by atoms with van der Waals surface area (Å²) in [7, 11) is 2.02. The van der Waals surface area contributed by atoms with Gasteiger partial charge in [-0.05, 0) is 49.5 Å². The van der Waals surface area contributed by atoms with Crippen LogP contribution in [0.4, 0.5) is 0 Å². The van der Waals surface area contributed by atoms with E-state index in [-0.39, 0.29) is 12.8 Å². The number of rotatable bonds is 4. The molecule has 0 spiro atoms. The van der Waals surface area contributed by atoms with Crippen LogP contribution in [-0.2, 0) is 11.2 Å². The molecule has 8 heteroatoms. The van der Waals surface area contributed by atoms with Crippen LogP contribution >= 0.6 is 11.3 Å². The Morgan fingerprint density at radius 2 is 2.14 bits per heavy atom. The molecule has 1 N–H and O–H groups in total. The van der Waals surface area contributed by atoms with Gasteiger partial charge in [0.25, 0.3) is 0 Å². The van der Waals surface area contributed by atoms with Crippen molar-refractivity contribution in [2.24, 2.45) is 0 Å². The zero-order chi connectivity index (χ0) is 20.0. The Morgan fingerprint density at radius 1 is 1.28 bits per heavy atom. The first-order chi connectivity index (χ1) is 14.1. The number of benzene rings is 1. The number of ether oxygens (including phenoxy) is 4. The summed E-state index contributed by atoms with van der Waals surface area (Å²) in [5, 5.41) is 2.75. The number of hydrogen-bond acceptors (Lipinski definition) is 8. The fraction of sp³-hybridized carbons (Fsp3) is 0.381. The van der Waals surface area contributed by atoms with Gasteiger partial charge in [0.2, 0.25) is 6.79 Å². The first-order valence-corrected chi connectivity index (χ1v) is 10.6. The fourth-order valence-electron chi connectivity index (χ4n) is 4.00. The summed E-state index contributed by atoms with van der Waals surface area (Å²) in [5.74, 6) is 1.73. The van der Waals surface area contributed by atoms with Crippen LogP contribution in [0, 0.1) is 0 Å². The lowest BCUT2D eigenvalue weighted by atomic mass is 10.1. The smallest absolute Gasteiger partial charge is 0.348 e. The predicted molar refractivity (Wildman–Crippen MR) is 109 cm³/mol. The summed E-state index contributed by atoms with van der Waals surface area (Å²) in [4.78, 5) is 13.3. The van der Waals surface area contributed by atoms with Gasteiger partial charge in [-0.2, -0.15) is 0 Å². The lowest BCUT2D eigenvalue weighted by molar-refractivity contribution is 0.0531. The molecule has 1 aromatic heterocycles. The Bertz CT molecular complexity index is 1010. The van der Waals surface area contributed by atoms with Crippen molar-refractivity contribution in [2.45, 2.75) is 26.2 Å². The molecule has 1 aliphatic carbocycles. The van der Waals surface area contributed by atoms with E-state index in [2.05, 4.69) is 10.4 Å². The molecule has 2 aliphatic heterocycles. The van der Waals surface area contributed by atoms with E-state index in [9.17, 15) is 4.79 Å². The molecular weight excluding hydrogens is 392 g/mol. The lowest BCUT2D eigenvalue weighted by Gasteiger charge is -2.14. The van der Waals surface area contributed by atoms with Gasteiger partial charge in [-0.15, -0.1) is 0 Å². The molecule has 0 unspecified atom stereocenters. The van der Waals surface area contributed by atoms with Crippen LogP contribution in [0.1, 0.15) is 40.6 Å². The quantitative estimate of drug-likeness (QED) is 0.760. The van der Waals surface area contributed by atoms with Crippen molar-refractivity contribution >= 4 is 23.0 Å². The molecule has 0 amide bonds. The van der Waals surface area contributed by atoms with E-state index in [1.165, 1.54) is 16.9 Å². The Morgan fingerprint density at radius 3 is 3.00 bits per heavy atom. The van der Waals surface area contributed by atoms with Gasteiger partial charge in [0.05, 0.1) is 17.9 Å². The Hall–Kier alpha value is -2.71. The van der Waals surface area contributed by atoms with Gasteiger partial charge >= 0.3 is 5.97 Å². The second-order valence-corrected chi connectivity index (χ2v) is 8.19.